The SMILES string of the molecule is CS(=O)(=O)CC(=O)c1cc2cc(C(F)(F)F)cc(Cl)n2n1. The lowest BCUT2D eigenvalue weighted by molar-refractivity contribution is -0.137. The standard InChI is InChI=1S/C11H8ClF3N2O3S/c1-21(19,20)5-9(18)8-4-7-2-6(11(13,14)15)3-10(12)17(7)16-8/h2-4H,5H2,1H3. The average Bonchev–Trinajstić information content (AvgIpc) is 2.69. The number of ketones is 1. The van der Waals surface area contributed by atoms with E-state index in [9.17, 15) is 26.4 Å². The third-order valence-corrected chi connectivity index (χ3v) is 3.58. The van der Waals surface area contributed by atoms with Gasteiger partial charge >= 0.3 is 6.18 Å². The summed E-state index contributed by atoms with van der Waals surface area (Å²) in [6.45, 7) is 0. The Kier molecular flexibility index (Phi) is 3.75. The van der Waals surface area contributed by atoms with Crippen LogP contribution in [0.4, 0.5) is 13.2 Å². The number of carbonyl (C=O) groups is 1. The third-order valence-electron chi connectivity index (χ3n) is 2.52. The molecule has 2 rings (SSSR count). The minimum atomic E-state index is -4.59. The summed E-state index contributed by atoms with van der Waals surface area (Å²) in [5.74, 6) is -1.59. The molecule has 2 heterocycles. The molecule has 0 aliphatic rings. The predicted molar refractivity (Wildman–Crippen MR) is 69.2 cm³/mol. The molecule has 0 unspecified atom stereocenters. The number of fused-ring (bicyclic) bond motifs is 1. The van der Waals surface area contributed by atoms with Gasteiger partial charge in [0.05, 0.1) is 11.1 Å². The quantitative estimate of drug-likeness (QED) is 0.634. The van der Waals surface area contributed by atoms with Crippen molar-refractivity contribution in [2.75, 3.05) is 12.0 Å². The molecule has 0 spiro atoms. The summed E-state index contributed by atoms with van der Waals surface area (Å²) in [4.78, 5) is 11.7. The van der Waals surface area contributed by atoms with E-state index in [1.807, 2.05) is 0 Å². The maximum Gasteiger partial charge on any atom is 0.416 e. The van der Waals surface area contributed by atoms with Crippen molar-refractivity contribution in [3.05, 3.63) is 34.6 Å². The van der Waals surface area contributed by atoms with E-state index >= 15 is 0 Å². The lowest BCUT2D eigenvalue weighted by Gasteiger charge is -2.07. The fourth-order valence-corrected chi connectivity index (χ4v) is 2.55. The second-order valence-electron chi connectivity index (χ2n) is 4.42. The van der Waals surface area contributed by atoms with E-state index in [2.05, 4.69) is 5.10 Å². The van der Waals surface area contributed by atoms with Gasteiger partial charge in [0.15, 0.2) is 15.6 Å². The molecule has 0 bridgehead atoms. The Labute approximate surface area is 122 Å². The molecular formula is C11H8ClF3N2O3S. The number of rotatable bonds is 3. The summed E-state index contributed by atoms with van der Waals surface area (Å²) in [6, 6.07) is 2.51. The van der Waals surface area contributed by atoms with Gasteiger partial charge in [-0.3, -0.25) is 4.79 Å². The van der Waals surface area contributed by atoms with E-state index in [4.69, 9.17) is 11.6 Å². The van der Waals surface area contributed by atoms with Crippen molar-refractivity contribution in [2.45, 2.75) is 6.18 Å². The molecule has 0 aliphatic carbocycles. The van der Waals surface area contributed by atoms with Gasteiger partial charge < -0.3 is 0 Å². The van der Waals surface area contributed by atoms with E-state index in [0.717, 1.165) is 22.9 Å². The number of aromatic nitrogens is 2. The van der Waals surface area contributed by atoms with Crippen LogP contribution in [-0.4, -0.2) is 35.8 Å². The van der Waals surface area contributed by atoms with Crippen molar-refractivity contribution in [2.24, 2.45) is 0 Å². The van der Waals surface area contributed by atoms with Crippen molar-refractivity contribution in [1.82, 2.24) is 9.61 Å². The van der Waals surface area contributed by atoms with Crippen LogP contribution in [0, 0.1) is 0 Å². The van der Waals surface area contributed by atoms with E-state index < -0.39 is 33.1 Å². The minimum absolute atomic E-state index is 0.0494. The van der Waals surface area contributed by atoms with E-state index in [-0.39, 0.29) is 16.4 Å². The molecule has 0 amide bonds. The average molecular weight is 341 g/mol. The Morgan fingerprint density at radius 1 is 1.33 bits per heavy atom. The summed E-state index contributed by atoms with van der Waals surface area (Å²) >= 11 is 5.69. The molecule has 21 heavy (non-hydrogen) atoms. The maximum atomic E-state index is 12.6. The van der Waals surface area contributed by atoms with Gasteiger partial charge in [-0.25, -0.2) is 12.9 Å². The molecule has 2 aromatic rings. The number of alkyl halides is 3. The molecule has 0 aliphatic heterocycles. The van der Waals surface area contributed by atoms with Crippen LogP contribution in [0.5, 0.6) is 0 Å². The van der Waals surface area contributed by atoms with E-state index in [1.165, 1.54) is 0 Å². The van der Waals surface area contributed by atoms with Crippen LogP contribution in [0.15, 0.2) is 18.2 Å². The summed E-state index contributed by atoms with van der Waals surface area (Å²) in [5.41, 5.74) is -1.30. The molecule has 0 fully saturated rings. The smallest absolute Gasteiger partial charge is 0.291 e. The van der Waals surface area contributed by atoms with E-state index in [1.54, 1.807) is 0 Å². The Bertz CT molecular complexity index is 827. The topological polar surface area (TPSA) is 68.5 Å². The summed E-state index contributed by atoms with van der Waals surface area (Å²) in [7, 11) is -3.56. The second-order valence-corrected chi connectivity index (χ2v) is 6.95. The van der Waals surface area contributed by atoms with Crippen molar-refractivity contribution in [1.29, 1.82) is 0 Å². The van der Waals surface area contributed by atoms with E-state index in [0.29, 0.717) is 6.07 Å². The first kappa shape index (κ1) is 15.8. The van der Waals surface area contributed by atoms with Gasteiger partial charge in [-0.2, -0.15) is 18.3 Å². The number of hydrogen-bond acceptors (Lipinski definition) is 4. The molecule has 114 valence electrons. The fraction of sp³-hybridized carbons (Fsp3) is 0.273. The van der Waals surface area contributed by atoms with Crippen molar-refractivity contribution in [3.8, 4) is 0 Å². The van der Waals surface area contributed by atoms with Gasteiger partial charge in [-0.1, -0.05) is 11.6 Å². The number of nitrogens with zero attached hydrogens (tertiary/aromatic N) is 2. The first-order valence-electron chi connectivity index (χ1n) is 5.45. The lowest BCUT2D eigenvalue weighted by atomic mass is 10.2. The Balaban J connectivity index is 2.52. The Morgan fingerprint density at radius 2 is 1.95 bits per heavy atom. The van der Waals surface area contributed by atoms with Crippen LogP contribution in [0.25, 0.3) is 5.52 Å². The highest BCUT2D eigenvalue weighted by molar-refractivity contribution is 7.91. The number of sulfone groups is 1. The largest absolute Gasteiger partial charge is 0.416 e. The lowest BCUT2D eigenvalue weighted by Crippen LogP contribution is -2.15. The number of Topliss-reactive ketones (excluding diaryl/α,β-unsaturated/α-hetero) is 1. The van der Waals surface area contributed by atoms with Crippen molar-refractivity contribution < 1.29 is 26.4 Å². The van der Waals surface area contributed by atoms with Crippen LogP contribution >= 0.6 is 11.6 Å². The summed E-state index contributed by atoms with van der Waals surface area (Å²) in [5, 5.41) is 3.39. The minimum Gasteiger partial charge on any atom is -0.291 e. The Morgan fingerprint density at radius 3 is 2.48 bits per heavy atom. The highest BCUT2D eigenvalue weighted by atomic mass is 35.5. The molecule has 0 saturated heterocycles. The molecule has 0 radical (unpaired) electrons. The second kappa shape index (κ2) is 4.99. The van der Waals surface area contributed by atoms with Gasteiger partial charge in [0, 0.05) is 6.26 Å². The van der Waals surface area contributed by atoms with Gasteiger partial charge in [-0.15, -0.1) is 0 Å². The first-order valence-corrected chi connectivity index (χ1v) is 7.89. The summed E-state index contributed by atoms with van der Waals surface area (Å²) < 4.78 is 61.0. The van der Waals surface area contributed by atoms with Crippen LogP contribution in [0.2, 0.25) is 5.15 Å². The highest BCUT2D eigenvalue weighted by Gasteiger charge is 2.32. The molecule has 10 heteroatoms. The molecule has 5 nitrogen and oxygen atoms in total. The predicted octanol–water partition coefficient (Wildman–Crippen LogP) is 2.23. The van der Waals surface area contributed by atoms with Gasteiger partial charge in [-0.05, 0) is 18.2 Å². The van der Waals surface area contributed by atoms with Crippen LogP contribution in [0.3, 0.4) is 0 Å². The zero-order valence-electron chi connectivity index (χ0n) is 10.5. The zero-order valence-corrected chi connectivity index (χ0v) is 12.1. The number of hydrogen-bond donors (Lipinski definition) is 0. The summed E-state index contributed by atoms with van der Waals surface area (Å²) in [6.07, 6.45) is -3.72. The zero-order chi connectivity index (χ0) is 16.0. The van der Waals surface area contributed by atoms with Crippen molar-refractivity contribution in [3.63, 3.8) is 0 Å². The maximum absolute atomic E-state index is 12.6. The van der Waals surface area contributed by atoms with Crippen molar-refractivity contribution >= 4 is 32.7 Å². The highest BCUT2D eigenvalue weighted by Crippen LogP contribution is 2.32. The molecule has 0 N–H and O–H groups in total. The van der Waals surface area contributed by atoms with Gasteiger partial charge in [0.2, 0.25) is 0 Å². The molecule has 2 aromatic heterocycles. The van der Waals surface area contributed by atoms with Gasteiger partial charge in [0.1, 0.15) is 16.6 Å². The number of pyridine rings is 1. The third kappa shape index (κ3) is 3.53. The van der Waals surface area contributed by atoms with Crippen LogP contribution in [-0.2, 0) is 16.0 Å². The monoisotopic (exact) mass is 340 g/mol. The number of carbonyl (C=O) groups excluding carboxylic acids is 1. The van der Waals surface area contributed by atoms with Crippen LogP contribution < -0.4 is 0 Å². The number of halogens is 4. The Hall–Kier alpha value is -1.61. The normalized spacial score (nSPS) is 12.8. The molecule has 0 saturated carbocycles. The first-order chi connectivity index (χ1) is 9.47. The molecule has 0 atom stereocenters. The molecule has 0 aromatic carbocycles. The molecular weight excluding hydrogens is 333 g/mol. The van der Waals surface area contributed by atoms with Crippen LogP contribution in [0.1, 0.15) is 16.1 Å². The van der Waals surface area contributed by atoms with Gasteiger partial charge in [0.25, 0.3) is 0 Å². The fourth-order valence-electron chi connectivity index (χ4n) is 1.67.